The molecule has 0 amide bonds. The first kappa shape index (κ1) is 28.0. The van der Waals surface area contributed by atoms with Crippen LogP contribution in [-0.4, -0.2) is 26.2 Å². The summed E-state index contributed by atoms with van der Waals surface area (Å²) in [6.07, 6.45) is 16.4. The molecule has 0 spiro atoms. The Balaban J connectivity index is 0. The van der Waals surface area contributed by atoms with Crippen LogP contribution in [0.2, 0.25) is 3.12 Å². The first-order chi connectivity index (χ1) is 12.4. The van der Waals surface area contributed by atoms with Crippen molar-refractivity contribution in [3.63, 3.8) is 0 Å². The summed E-state index contributed by atoms with van der Waals surface area (Å²) < 4.78 is 2.37. The van der Waals surface area contributed by atoms with Crippen molar-refractivity contribution in [2.75, 3.05) is 26.2 Å². The Morgan fingerprint density at radius 1 is 1.00 bits per heavy atom. The van der Waals surface area contributed by atoms with E-state index in [1.165, 1.54) is 6.42 Å². The van der Waals surface area contributed by atoms with E-state index < -0.39 is 0 Å². The van der Waals surface area contributed by atoms with Crippen LogP contribution in [0.3, 0.4) is 0 Å². The molecule has 1 aliphatic rings. The SMILES string of the molecule is C=CCCC[N-]CC.C=CCCC[N-]CC.C[C](C)(C)[Zr+2][C]1=CC=CC1. The second kappa shape index (κ2) is 21.1. The summed E-state index contributed by atoms with van der Waals surface area (Å²) in [5.41, 5.74) is 0. The normalized spacial score (nSPS) is 12.1. The number of unbranched alkanes of at least 4 members (excludes halogenated alkanes) is 2. The van der Waals surface area contributed by atoms with E-state index in [0.29, 0.717) is 3.12 Å². The standard InChI is InChI=1S/2C7H14N.C5H5.C4H9.Zr/c2*1-3-5-6-7-8-4-2;1-2-4-5-3-1;1-4(2)3;/h2*3H,1,4-7H2,2H3;1-3H,4H2;1-3H3;/q2*-1;;;+2. The first-order valence-electron chi connectivity index (χ1n) is 10.0. The molecule has 0 saturated carbocycles. The van der Waals surface area contributed by atoms with E-state index in [0.717, 1.165) is 51.9 Å². The molecule has 0 fully saturated rings. The maximum absolute atomic E-state index is 4.16. The Morgan fingerprint density at radius 3 is 1.81 bits per heavy atom. The molecule has 148 valence electrons. The van der Waals surface area contributed by atoms with Crippen LogP contribution in [0, 0.1) is 0 Å². The van der Waals surface area contributed by atoms with E-state index in [2.05, 4.69) is 76.6 Å². The summed E-state index contributed by atoms with van der Waals surface area (Å²) in [5, 5.41) is 8.32. The summed E-state index contributed by atoms with van der Waals surface area (Å²) in [6.45, 7) is 22.4. The predicted molar refractivity (Wildman–Crippen MR) is 118 cm³/mol. The van der Waals surface area contributed by atoms with Crippen molar-refractivity contribution in [3.8, 4) is 0 Å². The van der Waals surface area contributed by atoms with Crippen molar-refractivity contribution in [1.82, 2.24) is 0 Å². The van der Waals surface area contributed by atoms with Gasteiger partial charge in [0.05, 0.1) is 0 Å². The molecule has 0 aromatic carbocycles. The van der Waals surface area contributed by atoms with Gasteiger partial charge < -0.3 is 10.6 Å². The Kier molecular flexibility index (Phi) is 22.7. The van der Waals surface area contributed by atoms with Gasteiger partial charge in [0.15, 0.2) is 0 Å². The topological polar surface area (TPSA) is 28.2 Å². The van der Waals surface area contributed by atoms with Crippen LogP contribution < -0.4 is 0 Å². The fourth-order valence-electron chi connectivity index (χ4n) is 2.03. The molecule has 0 unspecified atom stereocenters. The van der Waals surface area contributed by atoms with Gasteiger partial charge in [0.25, 0.3) is 0 Å². The number of nitrogens with zero attached hydrogens (tertiary/aromatic N) is 2. The molecular formula is C23H42N2Zr. The molecule has 26 heavy (non-hydrogen) atoms. The summed E-state index contributed by atoms with van der Waals surface area (Å²) in [7, 11) is 0. The van der Waals surface area contributed by atoms with E-state index in [1.807, 2.05) is 12.2 Å². The van der Waals surface area contributed by atoms with Crippen molar-refractivity contribution < 1.29 is 23.2 Å². The van der Waals surface area contributed by atoms with Crippen LogP contribution in [0.5, 0.6) is 0 Å². The molecule has 1 rings (SSSR count). The van der Waals surface area contributed by atoms with Gasteiger partial charge in [-0.1, -0.05) is 38.8 Å². The average molecular weight is 438 g/mol. The van der Waals surface area contributed by atoms with Crippen LogP contribution in [0.15, 0.2) is 46.8 Å². The van der Waals surface area contributed by atoms with Gasteiger partial charge in [-0.2, -0.15) is 13.1 Å². The molecule has 2 nitrogen and oxygen atoms in total. The van der Waals surface area contributed by atoms with E-state index in [1.54, 1.807) is 3.28 Å². The van der Waals surface area contributed by atoms with Crippen molar-refractivity contribution in [3.05, 3.63) is 57.5 Å². The van der Waals surface area contributed by atoms with Crippen LogP contribution in [-0.2, 0) is 23.2 Å². The van der Waals surface area contributed by atoms with Crippen LogP contribution >= 0.6 is 0 Å². The van der Waals surface area contributed by atoms with Gasteiger partial charge in [-0.25, -0.2) is 0 Å². The number of hydrogen-bond donors (Lipinski definition) is 0. The predicted octanol–water partition coefficient (Wildman–Crippen LogP) is 7.82. The molecule has 0 bridgehead atoms. The number of hydrogen-bond acceptors (Lipinski definition) is 0. The Hall–Kier alpha value is -0.237. The Morgan fingerprint density at radius 2 is 1.50 bits per heavy atom. The van der Waals surface area contributed by atoms with Crippen molar-refractivity contribution >= 4 is 0 Å². The third-order valence-corrected chi connectivity index (χ3v) is 6.75. The van der Waals surface area contributed by atoms with E-state index in [9.17, 15) is 0 Å². The summed E-state index contributed by atoms with van der Waals surface area (Å²) in [5.74, 6) is 0. The molecule has 0 radical (unpaired) electrons. The minimum absolute atomic E-state index is 0.247. The van der Waals surface area contributed by atoms with Crippen molar-refractivity contribution in [2.45, 2.75) is 69.8 Å². The summed E-state index contributed by atoms with van der Waals surface area (Å²) >= 11 is -0.247. The van der Waals surface area contributed by atoms with Crippen LogP contribution in [0.1, 0.15) is 66.7 Å². The molecule has 1 aliphatic carbocycles. The zero-order valence-corrected chi connectivity index (χ0v) is 20.5. The van der Waals surface area contributed by atoms with Gasteiger partial charge in [-0.15, -0.1) is 26.2 Å². The van der Waals surface area contributed by atoms with Crippen LogP contribution in [0.25, 0.3) is 10.6 Å². The second-order valence-electron chi connectivity index (χ2n) is 7.09. The molecule has 0 aromatic heterocycles. The van der Waals surface area contributed by atoms with Gasteiger partial charge >= 0.3 is 75.1 Å². The monoisotopic (exact) mass is 436 g/mol. The molecular weight excluding hydrogens is 395 g/mol. The quantitative estimate of drug-likeness (QED) is 0.233. The first-order valence-corrected chi connectivity index (χ1v) is 12.5. The number of rotatable bonds is 11. The molecule has 0 heterocycles. The van der Waals surface area contributed by atoms with Gasteiger partial charge in [0, 0.05) is 0 Å². The fourth-order valence-corrected chi connectivity index (χ4v) is 5.38. The number of allylic oxidation sites excluding steroid dienone is 6. The zero-order chi connectivity index (χ0) is 20.1. The molecule has 0 aliphatic heterocycles. The van der Waals surface area contributed by atoms with Gasteiger partial charge in [0.2, 0.25) is 0 Å². The molecule has 0 saturated heterocycles. The second-order valence-corrected chi connectivity index (χ2v) is 13.0. The molecule has 0 atom stereocenters. The van der Waals surface area contributed by atoms with Crippen LogP contribution in [0.4, 0.5) is 0 Å². The Bertz CT molecular complexity index is 362. The average Bonchev–Trinajstić information content (AvgIpc) is 3.08. The van der Waals surface area contributed by atoms with E-state index in [4.69, 9.17) is 0 Å². The van der Waals surface area contributed by atoms with Gasteiger partial charge in [-0.3, -0.25) is 0 Å². The van der Waals surface area contributed by atoms with Crippen molar-refractivity contribution in [1.29, 1.82) is 0 Å². The third-order valence-electron chi connectivity index (χ3n) is 3.20. The van der Waals surface area contributed by atoms with E-state index in [-0.39, 0.29) is 23.2 Å². The molecule has 3 heteroatoms. The fraction of sp³-hybridized carbons (Fsp3) is 0.652. The zero-order valence-electron chi connectivity index (χ0n) is 18.1. The summed E-state index contributed by atoms with van der Waals surface area (Å²) in [4.78, 5) is 0. The minimum atomic E-state index is -0.247. The van der Waals surface area contributed by atoms with Crippen molar-refractivity contribution in [2.24, 2.45) is 0 Å². The Labute approximate surface area is 176 Å². The van der Waals surface area contributed by atoms with Gasteiger partial charge in [0.1, 0.15) is 0 Å². The maximum atomic E-state index is 4.16. The molecule has 0 aromatic rings. The summed E-state index contributed by atoms with van der Waals surface area (Å²) in [6, 6.07) is 0. The molecule has 0 N–H and O–H groups in total. The van der Waals surface area contributed by atoms with Gasteiger partial charge in [-0.05, 0) is 12.8 Å². The third kappa shape index (κ3) is 26.0. The van der Waals surface area contributed by atoms with E-state index >= 15 is 0 Å².